The molecule has 0 aliphatic heterocycles. The SMILES string of the molecule is Cc1cccc(-c2nc(COC3CCCC[C@H]3OCCc3cc(C)ccc3S(=O)(=O)O)c(C)o2)c1. The van der Waals surface area contributed by atoms with E-state index in [2.05, 4.69) is 4.98 Å². The van der Waals surface area contributed by atoms with Crippen LogP contribution in [0, 0.1) is 20.8 Å². The van der Waals surface area contributed by atoms with Gasteiger partial charge in [-0.05, 0) is 63.8 Å². The van der Waals surface area contributed by atoms with Crippen LogP contribution in [0.4, 0.5) is 0 Å². The van der Waals surface area contributed by atoms with Crippen LogP contribution in [0.3, 0.4) is 0 Å². The molecular formula is C27H33NO6S. The molecule has 8 heteroatoms. The number of benzene rings is 2. The predicted molar refractivity (Wildman–Crippen MR) is 133 cm³/mol. The van der Waals surface area contributed by atoms with Gasteiger partial charge in [-0.2, -0.15) is 8.42 Å². The number of aryl methyl sites for hydroxylation is 3. The summed E-state index contributed by atoms with van der Waals surface area (Å²) in [4.78, 5) is 4.60. The summed E-state index contributed by atoms with van der Waals surface area (Å²) in [5.74, 6) is 1.33. The molecule has 1 aromatic heterocycles. The normalized spacial score (nSPS) is 18.6. The molecular weight excluding hydrogens is 466 g/mol. The van der Waals surface area contributed by atoms with Crippen molar-refractivity contribution in [3.8, 4) is 11.5 Å². The van der Waals surface area contributed by atoms with E-state index in [1.54, 1.807) is 12.1 Å². The lowest BCUT2D eigenvalue weighted by Gasteiger charge is -2.31. The van der Waals surface area contributed by atoms with Crippen LogP contribution in [-0.2, 0) is 32.6 Å². The van der Waals surface area contributed by atoms with Gasteiger partial charge in [0.2, 0.25) is 5.89 Å². The molecule has 2 atom stereocenters. The Labute approximate surface area is 207 Å². The summed E-state index contributed by atoms with van der Waals surface area (Å²) >= 11 is 0. The van der Waals surface area contributed by atoms with Crippen molar-refractivity contribution >= 4 is 10.1 Å². The second-order valence-corrected chi connectivity index (χ2v) is 10.7. The molecule has 1 heterocycles. The maximum atomic E-state index is 11.7. The number of rotatable bonds is 9. The van der Waals surface area contributed by atoms with Gasteiger partial charge < -0.3 is 13.9 Å². The van der Waals surface area contributed by atoms with E-state index in [-0.39, 0.29) is 17.1 Å². The lowest BCUT2D eigenvalue weighted by molar-refractivity contribution is -0.0981. The summed E-state index contributed by atoms with van der Waals surface area (Å²) in [6.07, 6.45) is 4.16. The molecule has 4 rings (SSSR count). The van der Waals surface area contributed by atoms with Crippen molar-refractivity contribution in [2.75, 3.05) is 6.61 Å². The maximum Gasteiger partial charge on any atom is 0.294 e. The van der Waals surface area contributed by atoms with Gasteiger partial charge in [-0.3, -0.25) is 4.55 Å². The molecule has 1 N–H and O–H groups in total. The van der Waals surface area contributed by atoms with Crippen molar-refractivity contribution in [2.24, 2.45) is 0 Å². The fourth-order valence-corrected chi connectivity index (χ4v) is 5.30. The van der Waals surface area contributed by atoms with Crippen LogP contribution in [0.1, 0.15) is 53.8 Å². The van der Waals surface area contributed by atoms with Gasteiger partial charge in [0.25, 0.3) is 10.1 Å². The molecule has 7 nitrogen and oxygen atoms in total. The van der Waals surface area contributed by atoms with E-state index < -0.39 is 10.1 Å². The first-order chi connectivity index (χ1) is 16.7. The van der Waals surface area contributed by atoms with E-state index in [1.807, 2.05) is 45.0 Å². The van der Waals surface area contributed by atoms with Crippen LogP contribution >= 0.6 is 0 Å². The highest BCUT2D eigenvalue weighted by atomic mass is 32.2. The molecule has 0 saturated heterocycles. The predicted octanol–water partition coefficient (Wildman–Crippen LogP) is 5.60. The molecule has 0 amide bonds. The Bertz CT molecular complexity index is 1270. The first kappa shape index (κ1) is 25.6. The average Bonchev–Trinajstić information content (AvgIpc) is 3.18. The van der Waals surface area contributed by atoms with Crippen LogP contribution in [0.25, 0.3) is 11.5 Å². The lowest BCUT2D eigenvalue weighted by atomic mass is 9.94. The Balaban J connectivity index is 1.37. The summed E-state index contributed by atoms with van der Waals surface area (Å²) in [6.45, 7) is 6.51. The Morgan fingerprint density at radius 3 is 2.43 bits per heavy atom. The van der Waals surface area contributed by atoms with Gasteiger partial charge in [-0.25, -0.2) is 4.98 Å². The van der Waals surface area contributed by atoms with E-state index in [9.17, 15) is 13.0 Å². The minimum Gasteiger partial charge on any atom is -0.441 e. The zero-order chi connectivity index (χ0) is 25.0. The molecule has 2 aromatic carbocycles. The highest BCUT2D eigenvalue weighted by molar-refractivity contribution is 7.85. The first-order valence-electron chi connectivity index (χ1n) is 12.0. The molecule has 1 fully saturated rings. The largest absolute Gasteiger partial charge is 0.441 e. The molecule has 1 saturated carbocycles. The van der Waals surface area contributed by atoms with Crippen LogP contribution in [0.15, 0.2) is 51.8 Å². The molecule has 0 bridgehead atoms. The summed E-state index contributed by atoms with van der Waals surface area (Å²) in [5, 5.41) is 0. The number of ether oxygens (including phenoxy) is 2. The fraction of sp³-hybridized carbons (Fsp3) is 0.444. The molecule has 1 aliphatic carbocycles. The summed E-state index contributed by atoms with van der Waals surface area (Å²) < 4.78 is 51.3. The number of nitrogens with zero attached hydrogens (tertiary/aromatic N) is 1. The van der Waals surface area contributed by atoms with Gasteiger partial charge >= 0.3 is 0 Å². The van der Waals surface area contributed by atoms with Crippen molar-refractivity contribution in [3.05, 3.63) is 70.6 Å². The minimum absolute atomic E-state index is 0.0611. The topological polar surface area (TPSA) is 98.9 Å². The third-order valence-electron chi connectivity index (χ3n) is 6.43. The number of oxazole rings is 1. The van der Waals surface area contributed by atoms with E-state index >= 15 is 0 Å². The second kappa shape index (κ2) is 11.0. The zero-order valence-corrected chi connectivity index (χ0v) is 21.3. The third kappa shape index (κ3) is 6.58. The molecule has 188 valence electrons. The zero-order valence-electron chi connectivity index (χ0n) is 20.5. The van der Waals surface area contributed by atoms with Crippen LogP contribution < -0.4 is 0 Å². The Hall–Kier alpha value is -2.52. The highest BCUT2D eigenvalue weighted by Gasteiger charge is 2.27. The van der Waals surface area contributed by atoms with E-state index in [0.29, 0.717) is 31.1 Å². The quantitative estimate of drug-likeness (QED) is 0.383. The van der Waals surface area contributed by atoms with Gasteiger partial charge in [0.1, 0.15) is 11.5 Å². The third-order valence-corrected chi connectivity index (χ3v) is 7.39. The molecule has 35 heavy (non-hydrogen) atoms. The van der Waals surface area contributed by atoms with Crippen molar-refractivity contribution in [2.45, 2.75) is 76.6 Å². The smallest absolute Gasteiger partial charge is 0.294 e. The van der Waals surface area contributed by atoms with Crippen molar-refractivity contribution in [3.63, 3.8) is 0 Å². The van der Waals surface area contributed by atoms with Gasteiger partial charge in [-0.15, -0.1) is 0 Å². The standard InChI is InChI=1S/C27H33NO6S/c1-18-7-6-8-22(16-18)27-28-23(20(3)34-27)17-33-25-10-5-4-9-24(25)32-14-13-21-15-19(2)11-12-26(21)35(29,30)31/h6-8,11-12,15-16,24-25H,4-5,9-10,13-14,17H2,1-3H3,(H,29,30,31)/t24-,25?/m1/s1. The maximum absolute atomic E-state index is 11.7. The lowest BCUT2D eigenvalue weighted by Crippen LogP contribution is -2.35. The number of hydrogen-bond donors (Lipinski definition) is 1. The van der Waals surface area contributed by atoms with Crippen molar-refractivity contribution in [1.29, 1.82) is 0 Å². The average molecular weight is 500 g/mol. The van der Waals surface area contributed by atoms with Gasteiger partial charge in [0.15, 0.2) is 0 Å². The second-order valence-electron chi connectivity index (χ2n) is 9.27. The monoisotopic (exact) mass is 499 g/mol. The van der Waals surface area contributed by atoms with Crippen molar-refractivity contribution in [1.82, 2.24) is 4.98 Å². The first-order valence-corrected chi connectivity index (χ1v) is 13.5. The summed E-state index contributed by atoms with van der Waals surface area (Å²) in [5.41, 5.74) is 4.36. The fourth-order valence-electron chi connectivity index (χ4n) is 4.57. The van der Waals surface area contributed by atoms with Crippen LogP contribution in [0.5, 0.6) is 0 Å². The summed E-state index contributed by atoms with van der Waals surface area (Å²) in [6, 6.07) is 12.9. The molecule has 0 radical (unpaired) electrons. The van der Waals surface area contributed by atoms with Gasteiger partial charge in [0, 0.05) is 5.56 Å². The Kier molecular flexibility index (Phi) is 8.06. The van der Waals surface area contributed by atoms with Crippen LogP contribution in [-0.4, -0.2) is 36.8 Å². The molecule has 0 spiro atoms. The van der Waals surface area contributed by atoms with Crippen molar-refractivity contribution < 1.29 is 26.9 Å². The highest BCUT2D eigenvalue weighted by Crippen LogP contribution is 2.28. The Morgan fingerprint density at radius 1 is 1.00 bits per heavy atom. The van der Waals surface area contributed by atoms with Gasteiger partial charge in [0.05, 0.1) is 30.3 Å². The number of hydrogen-bond acceptors (Lipinski definition) is 6. The Morgan fingerprint density at radius 2 is 1.71 bits per heavy atom. The van der Waals surface area contributed by atoms with Gasteiger partial charge in [-0.1, -0.05) is 48.2 Å². The minimum atomic E-state index is -4.28. The number of aromatic nitrogens is 1. The van der Waals surface area contributed by atoms with Crippen LogP contribution in [0.2, 0.25) is 0 Å². The van der Waals surface area contributed by atoms with E-state index in [1.165, 1.54) is 6.07 Å². The van der Waals surface area contributed by atoms with E-state index in [0.717, 1.165) is 53.8 Å². The van der Waals surface area contributed by atoms with E-state index in [4.69, 9.17) is 13.9 Å². The molecule has 1 unspecified atom stereocenters. The molecule has 3 aromatic rings. The molecule has 1 aliphatic rings. The summed E-state index contributed by atoms with van der Waals surface area (Å²) in [7, 11) is -4.28.